The smallest absolute Gasteiger partial charge is 0.486 e. The molecule has 2 aliphatic heterocycles. The van der Waals surface area contributed by atoms with Crippen molar-refractivity contribution in [3.63, 3.8) is 0 Å². The summed E-state index contributed by atoms with van der Waals surface area (Å²) in [6.07, 6.45) is -0.0766. The average Bonchev–Trinajstić information content (AvgIpc) is 3.08. The number of aromatic nitrogens is 1. The van der Waals surface area contributed by atoms with E-state index in [4.69, 9.17) is 19.4 Å². The molecule has 1 aromatic rings. The molecule has 0 bridgehead atoms. The number of ether oxygens (including phenoxy) is 2. The number of hydrogen-bond acceptors (Lipinski definition) is 5. The number of carboxylic acids is 1. The molecule has 1 aromatic heterocycles. The average molecular weight is 466 g/mol. The third kappa shape index (κ3) is 6.05. The fourth-order valence-corrected chi connectivity index (χ4v) is 4.06. The second-order valence-electron chi connectivity index (χ2n) is 8.22. The highest BCUT2D eigenvalue weighted by molar-refractivity contribution is 5.80. The molecular weight excluding hydrogens is 443 g/mol. The minimum absolute atomic E-state index is 0.0169. The van der Waals surface area contributed by atoms with Crippen molar-refractivity contribution in [3.05, 3.63) is 24.5 Å². The van der Waals surface area contributed by atoms with Gasteiger partial charge in [0.25, 0.3) is 0 Å². The molecule has 178 valence electrons. The number of alkyl halides is 5. The summed E-state index contributed by atoms with van der Waals surface area (Å²) < 4.78 is 69.6. The molecule has 0 aromatic carbocycles. The lowest BCUT2D eigenvalue weighted by Gasteiger charge is -2.42. The van der Waals surface area contributed by atoms with Gasteiger partial charge in [-0.25, -0.2) is 13.6 Å². The fraction of sp³-hybridized carbons (Fsp3) is 0.650. The van der Waals surface area contributed by atoms with Crippen LogP contribution in [0.4, 0.5) is 22.0 Å². The highest BCUT2D eigenvalue weighted by atomic mass is 19.4. The largest absolute Gasteiger partial charge is 0.490 e. The first-order valence-corrected chi connectivity index (χ1v) is 10.1. The summed E-state index contributed by atoms with van der Waals surface area (Å²) in [4.78, 5) is 27.0. The van der Waals surface area contributed by atoms with E-state index in [1.54, 1.807) is 17.3 Å². The van der Waals surface area contributed by atoms with E-state index >= 15 is 0 Å². The molecule has 3 fully saturated rings. The van der Waals surface area contributed by atoms with E-state index in [2.05, 4.69) is 4.98 Å². The predicted octanol–water partition coefficient (Wildman–Crippen LogP) is 3.29. The standard InChI is InChI=1S/C18H22F2N2O3.C2HF3O2/c19-18(20)8-13(9-18)16(23)22-6-3-17(4-7-22)10-15(12-24-17)25-14-2-1-5-21-11-14;3-2(4,5)1(6)7/h1-2,5,11,13,15H,3-4,6-10,12H2;(H,6,7). The summed E-state index contributed by atoms with van der Waals surface area (Å²) in [6, 6.07) is 3.70. The van der Waals surface area contributed by atoms with Crippen molar-refractivity contribution in [1.29, 1.82) is 0 Å². The molecule has 0 radical (unpaired) electrons. The van der Waals surface area contributed by atoms with Crippen LogP contribution in [0, 0.1) is 5.92 Å². The number of hydrogen-bond donors (Lipinski definition) is 1. The minimum Gasteiger partial charge on any atom is -0.486 e. The summed E-state index contributed by atoms with van der Waals surface area (Å²) in [5, 5.41) is 7.12. The molecule has 2 saturated heterocycles. The Kier molecular flexibility index (Phi) is 6.91. The van der Waals surface area contributed by atoms with Crippen molar-refractivity contribution in [2.75, 3.05) is 19.7 Å². The number of carbonyl (C=O) groups excluding carboxylic acids is 1. The van der Waals surface area contributed by atoms with Gasteiger partial charge < -0.3 is 19.5 Å². The molecule has 1 N–H and O–H groups in total. The monoisotopic (exact) mass is 466 g/mol. The first kappa shape index (κ1) is 24.1. The van der Waals surface area contributed by atoms with Crippen LogP contribution in [0.3, 0.4) is 0 Å². The van der Waals surface area contributed by atoms with Gasteiger partial charge in [0.2, 0.25) is 11.8 Å². The molecule has 1 amide bonds. The number of aliphatic carboxylic acids is 1. The maximum absolute atomic E-state index is 13.0. The Morgan fingerprint density at radius 3 is 2.31 bits per heavy atom. The Labute approximate surface area is 180 Å². The van der Waals surface area contributed by atoms with Crippen molar-refractivity contribution in [2.24, 2.45) is 5.92 Å². The maximum Gasteiger partial charge on any atom is 0.490 e. The number of halogens is 5. The predicted molar refractivity (Wildman–Crippen MR) is 99.1 cm³/mol. The number of carbonyl (C=O) groups is 2. The van der Waals surface area contributed by atoms with Crippen LogP contribution in [0.2, 0.25) is 0 Å². The topological polar surface area (TPSA) is 89.0 Å². The Balaban J connectivity index is 0.000000360. The van der Waals surface area contributed by atoms with Gasteiger partial charge in [-0.2, -0.15) is 13.2 Å². The van der Waals surface area contributed by atoms with Crippen molar-refractivity contribution in [1.82, 2.24) is 9.88 Å². The Morgan fingerprint density at radius 1 is 1.19 bits per heavy atom. The quantitative estimate of drug-likeness (QED) is 0.688. The lowest BCUT2D eigenvalue weighted by molar-refractivity contribution is -0.192. The van der Waals surface area contributed by atoms with E-state index in [0.29, 0.717) is 19.7 Å². The van der Waals surface area contributed by atoms with Gasteiger partial charge in [0.1, 0.15) is 11.9 Å². The van der Waals surface area contributed by atoms with Crippen LogP contribution in [-0.2, 0) is 14.3 Å². The van der Waals surface area contributed by atoms with Gasteiger partial charge in [-0.05, 0) is 25.0 Å². The van der Waals surface area contributed by atoms with Crippen molar-refractivity contribution >= 4 is 11.9 Å². The number of pyridine rings is 1. The zero-order valence-electron chi connectivity index (χ0n) is 17.0. The van der Waals surface area contributed by atoms with Gasteiger partial charge in [-0.15, -0.1) is 0 Å². The summed E-state index contributed by atoms with van der Waals surface area (Å²) in [6.45, 7) is 1.67. The summed E-state index contributed by atoms with van der Waals surface area (Å²) in [5.74, 6) is -5.31. The molecule has 32 heavy (non-hydrogen) atoms. The molecule has 4 rings (SSSR count). The molecule has 1 saturated carbocycles. The van der Waals surface area contributed by atoms with Gasteiger partial charge in [0.15, 0.2) is 0 Å². The van der Waals surface area contributed by atoms with Crippen molar-refractivity contribution in [3.8, 4) is 5.75 Å². The summed E-state index contributed by atoms with van der Waals surface area (Å²) in [5.41, 5.74) is -0.257. The number of nitrogens with zero attached hydrogens (tertiary/aromatic N) is 2. The lowest BCUT2D eigenvalue weighted by atomic mass is 9.79. The van der Waals surface area contributed by atoms with Gasteiger partial charge in [0, 0.05) is 44.5 Å². The number of piperidine rings is 1. The van der Waals surface area contributed by atoms with Crippen LogP contribution in [-0.4, -0.2) is 70.4 Å². The second-order valence-corrected chi connectivity index (χ2v) is 8.22. The fourth-order valence-electron chi connectivity index (χ4n) is 4.06. The van der Waals surface area contributed by atoms with Crippen LogP contribution in [0.25, 0.3) is 0 Å². The molecule has 1 spiro atoms. The molecule has 7 nitrogen and oxygen atoms in total. The Bertz CT molecular complexity index is 804. The molecule has 3 heterocycles. The van der Waals surface area contributed by atoms with E-state index < -0.39 is 24.0 Å². The van der Waals surface area contributed by atoms with Gasteiger partial charge in [-0.3, -0.25) is 9.78 Å². The zero-order chi connectivity index (χ0) is 23.6. The SMILES string of the molecule is O=C(C1CC(F)(F)C1)N1CCC2(CC1)CC(Oc1cccnc1)CO2.O=C(O)C(F)(F)F. The summed E-state index contributed by atoms with van der Waals surface area (Å²) >= 11 is 0. The van der Waals surface area contributed by atoms with Gasteiger partial charge in [-0.1, -0.05) is 0 Å². The summed E-state index contributed by atoms with van der Waals surface area (Å²) in [7, 11) is 0. The van der Waals surface area contributed by atoms with Gasteiger partial charge >= 0.3 is 12.1 Å². The molecule has 1 aliphatic carbocycles. The number of amides is 1. The Morgan fingerprint density at radius 2 is 1.81 bits per heavy atom. The van der Waals surface area contributed by atoms with E-state index in [0.717, 1.165) is 25.0 Å². The number of rotatable bonds is 3. The first-order chi connectivity index (χ1) is 14.9. The molecule has 1 unspecified atom stereocenters. The van der Waals surface area contributed by atoms with Crippen LogP contribution < -0.4 is 4.74 Å². The van der Waals surface area contributed by atoms with Crippen LogP contribution in [0.1, 0.15) is 32.1 Å². The van der Waals surface area contributed by atoms with Crippen LogP contribution >= 0.6 is 0 Å². The van der Waals surface area contributed by atoms with E-state index in [1.165, 1.54) is 0 Å². The zero-order valence-corrected chi connectivity index (χ0v) is 17.0. The van der Waals surface area contributed by atoms with E-state index in [-0.39, 0.29) is 30.5 Å². The van der Waals surface area contributed by atoms with Crippen molar-refractivity contribution < 1.29 is 46.1 Å². The van der Waals surface area contributed by atoms with E-state index in [1.807, 2.05) is 12.1 Å². The molecule has 1 atom stereocenters. The number of carboxylic acid groups (broad SMARTS) is 1. The van der Waals surface area contributed by atoms with E-state index in [9.17, 15) is 26.7 Å². The van der Waals surface area contributed by atoms with Crippen LogP contribution in [0.5, 0.6) is 5.75 Å². The Hall–Kier alpha value is -2.50. The number of likely N-dealkylation sites (tertiary alicyclic amines) is 1. The maximum atomic E-state index is 13.0. The van der Waals surface area contributed by atoms with Gasteiger partial charge in [0.05, 0.1) is 18.4 Å². The minimum atomic E-state index is -5.08. The molecule has 12 heteroatoms. The second kappa shape index (κ2) is 9.16. The molecule has 3 aliphatic rings. The first-order valence-electron chi connectivity index (χ1n) is 10.1. The third-order valence-electron chi connectivity index (χ3n) is 5.78. The van der Waals surface area contributed by atoms with Crippen LogP contribution in [0.15, 0.2) is 24.5 Å². The van der Waals surface area contributed by atoms with Crippen molar-refractivity contribution in [2.45, 2.75) is 55.9 Å². The molecular formula is C20H23F5N2O5. The highest BCUT2D eigenvalue weighted by Gasteiger charge is 2.51. The third-order valence-corrected chi connectivity index (χ3v) is 5.78. The highest BCUT2D eigenvalue weighted by Crippen LogP contribution is 2.44. The lowest BCUT2D eigenvalue weighted by Crippen LogP contribution is -2.52. The normalized spacial score (nSPS) is 24.3.